The van der Waals surface area contributed by atoms with Gasteiger partial charge in [-0.3, -0.25) is 4.90 Å². The van der Waals surface area contributed by atoms with Crippen molar-refractivity contribution in [2.24, 2.45) is 0 Å². The lowest BCUT2D eigenvalue weighted by Crippen LogP contribution is -2.30. The van der Waals surface area contributed by atoms with Crippen molar-refractivity contribution in [1.29, 1.82) is 5.26 Å². The van der Waals surface area contributed by atoms with E-state index in [1.807, 2.05) is 6.07 Å². The van der Waals surface area contributed by atoms with Crippen LogP contribution in [0.5, 0.6) is 0 Å². The van der Waals surface area contributed by atoms with Gasteiger partial charge in [-0.2, -0.15) is 5.26 Å². The second kappa shape index (κ2) is 5.44. The summed E-state index contributed by atoms with van der Waals surface area (Å²) in [6.45, 7) is 2.53. The number of benzene rings is 2. The van der Waals surface area contributed by atoms with Crippen LogP contribution in [-0.2, 0) is 19.5 Å². The van der Waals surface area contributed by atoms with E-state index in [-0.39, 0.29) is 5.82 Å². The molecule has 0 unspecified atom stereocenters. The Hall–Kier alpha value is -2.18. The number of fused-ring (bicyclic) bond motifs is 1. The lowest BCUT2D eigenvalue weighted by molar-refractivity contribution is 0.245. The normalized spacial score (nSPS) is 14.6. The minimum atomic E-state index is -0.337. The van der Waals surface area contributed by atoms with Crippen LogP contribution >= 0.6 is 0 Å². The van der Waals surface area contributed by atoms with Gasteiger partial charge in [0.25, 0.3) is 0 Å². The molecule has 0 saturated heterocycles. The van der Waals surface area contributed by atoms with Crippen LogP contribution in [0.25, 0.3) is 0 Å². The summed E-state index contributed by atoms with van der Waals surface area (Å²) >= 11 is 0. The number of halogens is 1. The molecule has 0 spiro atoms. The van der Waals surface area contributed by atoms with Crippen LogP contribution in [-0.4, -0.2) is 11.4 Å². The molecular weight excluding hydrogens is 251 g/mol. The highest BCUT2D eigenvalue weighted by Gasteiger charge is 2.16. The Labute approximate surface area is 118 Å². The van der Waals surface area contributed by atoms with Gasteiger partial charge < -0.3 is 0 Å². The highest BCUT2D eigenvalue weighted by atomic mass is 19.1. The Morgan fingerprint density at radius 1 is 1.15 bits per heavy atom. The second-order valence-electron chi connectivity index (χ2n) is 5.19. The SMILES string of the molecule is N#Cc1cc(F)cc(CN2CCc3ccccc3C2)c1. The Morgan fingerprint density at radius 3 is 2.75 bits per heavy atom. The van der Waals surface area contributed by atoms with Gasteiger partial charge in [-0.25, -0.2) is 4.39 Å². The number of nitrogens with zero attached hydrogens (tertiary/aromatic N) is 2. The van der Waals surface area contributed by atoms with Crippen LogP contribution in [0, 0.1) is 17.1 Å². The average Bonchev–Trinajstić information content (AvgIpc) is 2.46. The fourth-order valence-electron chi connectivity index (χ4n) is 2.75. The summed E-state index contributed by atoms with van der Waals surface area (Å²) in [5.74, 6) is -0.337. The van der Waals surface area contributed by atoms with Crippen LogP contribution in [0.2, 0.25) is 0 Å². The molecule has 20 heavy (non-hydrogen) atoms. The molecule has 100 valence electrons. The summed E-state index contributed by atoms with van der Waals surface area (Å²) in [5, 5.41) is 8.89. The molecule has 0 saturated carbocycles. The van der Waals surface area contributed by atoms with E-state index in [4.69, 9.17) is 5.26 Å². The van der Waals surface area contributed by atoms with Gasteiger partial charge >= 0.3 is 0 Å². The third-order valence-corrected chi connectivity index (χ3v) is 3.70. The predicted molar refractivity (Wildman–Crippen MR) is 75.4 cm³/mol. The standard InChI is InChI=1S/C17H15FN2/c18-17-8-13(10-19)7-14(9-17)11-20-6-5-15-3-1-2-4-16(15)12-20/h1-4,7-9H,5-6,11-12H2. The first-order chi connectivity index (χ1) is 9.74. The number of hydrogen-bond acceptors (Lipinski definition) is 2. The van der Waals surface area contributed by atoms with Gasteiger partial charge in [0.2, 0.25) is 0 Å². The lowest BCUT2D eigenvalue weighted by Gasteiger charge is -2.28. The first kappa shape index (κ1) is 12.8. The molecule has 2 nitrogen and oxygen atoms in total. The van der Waals surface area contributed by atoms with Gasteiger partial charge in [0.15, 0.2) is 0 Å². The van der Waals surface area contributed by atoms with Crippen LogP contribution in [0.1, 0.15) is 22.3 Å². The molecule has 0 aromatic heterocycles. The van der Waals surface area contributed by atoms with E-state index in [9.17, 15) is 4.39 Å². The molecule has 0 N–H and O–H groups in total. The fourth-order valence-corrected chi connectivity index (χ4v) is 2.75. The molecule has 0 amide bonds. The second-order valence-corrected chi connectivity index (χ2v) is 5.19. The number of hydrogen-bond donors (Lipinski definition) is 0. The molecular formula is C17H15FN2. The van der Waals surface area contributed by atoms with Crippen LogP contribution in [0.3, 0.4) is 0 Å². The van der Waals surface area contributed by atoms with Crippen molar-refractivity contribution in [1.82, 2.24) is 4.90 Å². The summed E-state index contributed by atoms with van der Waals surface area (Å²) in [5.41, 5.74) is 4.00. The van der Waals surface area contributed by atoms with Crippen LogP contribution in [0.4, 0.5) is 4.39 Å². The van der Waals surface area contributed by atoms with Crippen molar-refractivity contribution in [3.63, 3.8) is 0 Å². The molecule has 2 aromatic rings. The maximum atomic E-state index is 13.4. The van der Waals surface area contributed by atoms with E-state index in [0.717, 1.165) is 25.1 Å². The van der Waals surface area contributed by atoms with E-state index >= 15 is 0 Å². The molecule has 0 bridgehead atoms. The molecule has 3 rings (SSSR count). The molecule has 0 fully saturated rings. The lowest BCUT2D eigenvalue weighted by atomic mass is 9.99. The van der Waals surface area contributed by atoms with E-state index in [1.54, 1.807) is 6.07 Å². The zero-order valence-corrected chi connectivity index (χ0v) is 11.1. The molecule has 0 aliphatic carbocycles. The van der Waals surface area contributed by atoms with Crippen LogP contribution < -0.4 is 0 Å². The summed E-state index contributed by atoms with van der Waals surface area (Å²) in [7, 11) is 0. The van der Waals surface area contributed by atoms with E-state index in [0.29, 0.717) is 12.1 Å². The quantitative estimate of drug-likeness (QED) is 0.834. The summed E-state index contributed by atoms with van der Waals surface area (Å²) in [6.07, 6.45) is 1.02. The number of nitriles is 1. The predicted octanol–water partition coefficient (Wildman–Crippen LogP) is 3.26. The first-order valence-electron chi connectivity index (χ1n) is 6.73. The molecule has 0 radical (unpaired) electrons. The minimum absolute atomic E-state index is 0.337. The minimum Gasteiger partial charge on any atom is -0.294 e. The molecule has 1 aliphatic heterocycles. The Bertz CT molecular complexity index is 673. The fraction of sp³-hybridized carbons (Fsp3) is 0.235. The maximum Gasteiger partial charge on any atom is 0.124 e. The highest BCUT2D eigenvalue weighted by Crippen LogP contribution is 2.20. The van der Waals surface area contributed by atoms with E-state index < -0.39 is 0 Å². The van der Waals surface area contributed by atoms with Gasteiger partial charge in [-0.05, 0) is 41.3 Å². The average molecular weight is 266 g/mol. The third kappa shape index (κ3) is 2.71. The Morgan fingerprint density at radius 2 is 1.95 bits per heavy atom. The molecule has 0 atom stereocenters. The largest absolute Gasteiger partial charge is 0.294 e. The van der Waals surface area contributed by atoms with Crippen molar-refractivity contribution in [2.75, 3.05) is 6.54 Å². The van der Waals surface area contributed by atoms with Crippen molar-refractivity contribution in [3.8, 4) is 6.07 Å². The summed E-state index contributed by atoms with van der Waals surface area (Å²) in [4.78, 5) is 2.29. The molecule has 1 heterocycles. The molecule has 3 heteroatoms. The van der Waals surface area contributed by atoms with Gasteiger partial charge in [0.1, 0.15) is 5.82 Å². The maximum absolute atomic E-state index is 13.4. The van der Waals surface area contributed by atoms with Gasteiger partial charge in [-0.1, -0.05) is 24.3 Å². The first-order valence-corrected chi connectivity index (χ1v) is 6.73. The van der Waals surface area contributed by atoms with Gasteiger partial charge in [-0.15, -0.1) is 0 Å². The Kier molecular flexibility index (Phi) is 3.49. The summed E-state index contributed by atoms with van der Waals surface area (Å²) < 4.78 is 13.4. The smallest absolute Gasteiger partial charge is 0.124 e. The van der Waals surface area contributed by atoms with Crippen molar-refractivity contribution < 1.29 is 4.39 Å². The van der Waals surface area contributed by atoms with E-state index in [2.05, 4.69) is 29.2 Å². The topological polar surface area (TPSA) is 27.0 Å². The third-order valence-electron chi connectivity index (χ3n) is 3.70. The van der Waals surface area contributed by atoms with Gasteiger partial charge in [0, 0.05) is 19.6 Å². The summed E-state index contributed by atoms with van der Waals surface area (Å²) in [6, 6.07) is 15.0. The van der Waals surface area contributed by atoms with Gasteiger partial charge in [0.05, 0.1) is 11.6 Å². The van der Waals surface area contributed by atoms with Crippen molar-refractivity contribution in [3.05, 3.63) is 70.5 Å². The van der Waals surface area contributed by atoms with E-state index in [1.165, 1.54) is 23.3 Å². The van der Waals surface area contributed by atoms with Crippen molar-refractivity contribution >= 4 is 0 Å². The monoisotopic (exact) mass is 266 g/mol. The number of rotatable bonds is 2. The molecule has 2 aromatic carbocycles. The Balaban J connectivity index is 1.77. The molecule has 1 aliphatic rings. The highest BCUT2D eigenvalue weighted by molar-refractivity contribution is 5.34. The zero-order chi connectivity index (χ0) is 13.9. The zero-order valence-electron chi connectivity index (χ0n) is 11.1. The van der Waals surface area contributed by atoms with Crippen LogP contribution in [0.15, 0.2) is 42.5 Å². The van der Waals surface area contributed by atoms with Crippen molar-refractivity contribution in [2.45, 2.75) is 19.5 Å².